The molecule has 1 aliphatic rings. The molecule has 1 rings (SSSR count). The third kappa shape index (κ3) is 0.856. The Kier molecular flexibility index (Phi) is 0.929. The van der Waals surface area contributed by atoms with E-state index in [2.05, 4.69) is 11.9 Å². The summed E-state index contributed by atoms with van der Waals surface area (Å²) in [6.07, 6.45) is 0.312. The van der Waals surface area contributed by atoms with Crippen molar-refractivity contribution in [3.05, 3.63) is 12.5 Å². The molecule has 0 bridgehead atoms. The molecule has 0 saturated carbocycles. The molecule has 1 aliphatic heterocycles. The molecule has 0 aromatic rings. The van der Waals surface area contributed by atoms with Gasteiger partial charge < -0.3 is 10.1 Å². The van der Waals surface area contributed by atoms with E-state index < -0.39 is 0 Å². The fraction of sp³-hybridized carbons (Fsp3) is 0.600. The van der Waals surface area contributed by atoms with Crippen molar-refractivity contribution in [3.63, 3.8) is 0 Å². The average molecular weight is 99.1 g/mol. The molecule has 1 fully saturated rings. The Morgan fingerprint density at radius 1 is 2.00 bits per heavy atom. The highest BCUT2D eigenvalue weighted by Gasteiger charge is 2.10. The van der Waals surface area contributed by atoms with Gasteiger partial charge in [-0.1, -0.05) is 0 Å². The van der Waals surface area contributed by atoms with Crippen LogP contribution in [0.2, 0.25) is 0 Å². The standard InChI is InChI=1S/C5H9NO/c1-4-3-6-5(2)7-4/h4,6H,2-3H2,1H3/t4-/m1/s1. The fourth-order valence-electron chi connectivity index (χ4n) is 0.584. The zero-order valence-electron chi connectivity index (χ0n) is 4.40. The third-order valence-corrected chi connectivity index (χ3v) is 0.930. The van der Waals surface area contributed by atoms with Crippen molar-refractivity contribution in [1.82, 2.24) is 5.32 Å². The minimum absolute atomic E-state index is 0.312. The second kappa shape index (κ2) is 1.45. The van der Waals surface area contributed by atoms with Gasteiger partial charge in [0.2, 0.25) is 0 Å². The van der Waals surface area contributed by atoms with E-state index in [1.54, 1.807) is 0 Å². The lowest BCUT2D eigenvalue weighted by Gasteiger charge is -1.96. The Morgan fingerprint density at radius 3 is 2.86 bits per heavy atom. The van der Waals surface area contributed by atoms with Crippen molar-refractivity contribution in [1.29, 1.82) is 0 Å². The molecular weight excluding hydrogens is 90.1 g/mol. The van der Waals surface area contributed by atoms with E-state index in [0.717, 1.165) is 6.54 Å². The topological polar surface area (TPSA) is 21.3 Å². The quantitative estimate of drug-likeness (QED) is 0.476. The molecule has 2 nitrogen and oxygen atoms in total. The molecule has 1 N–H and O–H groups in total. The highest BCUT2D eigenvalue weighted by atomic mass is 16.5. The van der Waals surface area contributed by atoms with Crippen LogP contribution in [0.3, 0.4) is 0 Å². The van der Waals surface area contributed by atoms with E-state index in [1.807, 2.05) is 6.92 Å². The van der Waals surface area contributed by atoms with Crippen molar-refractivity contribution in [3.8, 4) is 0 Å². The molecule has 0 amide bonds. The molecular formula is C5H9NO. The van der Waals surface area contributed by atoms with Crippen molar-refractivity contribution < 1.29 is 4.74 Å². The molecule has 0 aliphatic carbocycles. The first-order chi connectivity index (χ1) is 3.29. The molecule has 0 spiro atoms. The highest BCUT2D eigenvalue weighted by molar-refractivity contribution is 4.87. The highest BCUT2D eigenvalue weighted by Crippen LogP contribution is 2.02. The Morgan fingerprint density at radius 2 is 2.71 bits per heavy atom. The molecule has 0 aromatic heterocycles. The van der Waals surface area contributed by atoms with E-state index in [0.29, 0.717) is 12.0 Å². The lowest BCUT2D eigenvalue weighted by Crippen LogP contribution is -2.08. The van der Waals surface area contributed by atoms with Crippen molar-refractivity contribution >= 4 is 0 Å². The average Bonchev–Trinajstić information content (AvgIpc) is 1.87. The minimum atomic E-state index is 0.312. The number of hydrogen-bond donors (Lipinski definition) is 1. The summed E-state index contributed by atoms with van der Waals surface area (Å²) in [4.78, 5) is 0. The Balaban J connectivity index is 2.40. The van der Waals surface area contributed by atoms with Gasteiger partial charge in [-0.25, -0.2) is 0 Å². The predicted molar refractivity (Wildman–Crippen MR) is 27.7 cm³/mol. The van der Waals surface area contributed by atoms with Crippen LogP contribution in [-0.4, -0.2) is 12.6 Å². The lowest BCUT2D eigenvalue weighted by molar-refractivity contribution is 0.185. The van der Waals surface area contributed by atoms with E-state index in [-0.39, 0.29) is 0 Å². The van der Waals surface area contributed by atoms with Crippen LogP contribution in [0.25, 0.3) is 0 Å². The maximum atomic E-state index is 5.06. The van der Waals surface area contributed by atoms with Gasteiger partial charge in [0.05, 0.1) is 6.54 Å². The summed E-state index contributed by atoms with van der Waals surface area (Å²) in [6.45, 7) is 6.48. The van der Waals surface area contributed by atoms with E-state index in [1.165, 1.54) is 0 Å². The first-order valence-electron chi connectivity index (χ1n) is 2.38. The van der Waals surface area contributed by atoms with Gasteiger partial charge in [-0.05, 0) is 13.5 Å². The zero-order chi connectivity index (χ0) is 5.28. The van der Waals surface area contributed by atoms with Crippen LogP contribution in [0.5, 0.6) is 0 Å². The summed E-state index contributed by atoms with van der Waals surface area (Å²) in [5.41, 5.74) is 0. The van der Waals surface area contributed by atoms with Crippen LogP contribution in [-0.2, 0) is 4.74 Å². The maximum absolute atomic E-state index is 5.06. The van der Waals surface area contributed by atoms with Gasteiger partial charge in [0, 0.05) is 0 Å². The summed E-state index contributed by atoms with van der Waals surface area (Å²) in [7, 11) is 0. The lowest BCUT2D eigenvalue weighted by atomic mass is 10.4. The summed E-state index contributed by atoms with van der Waals surface area (Å²) >= 11 is 0. The molecule has 1 saturated heterocycles. The van der Waals surface area contributed by atoms with Crippen LogP contribution in [0.4, 0.5) is 0 Å². The van der Waals surface area contributed by atoms with Gasteiger partial charge in [0.1, 0.15) is 6.10 Å². The second-order valence-electron chi connectivity index (χ2n) is 1.73. The van der Waals surface area contributed by atoms with E-state index in [4.69, 9.17) is 4.74 Å². The first kappa shape index (κ1) is 4.50. The Labute approximate surface area is 43.2 Å². The fourth-order valence-corrected chi connectivity index (χ4v) is 0.584. The first-order valence-corrected chi connectivity index (χ1v) is 2.38. The Hall–Kier alpha value is -0.660. The molecule has 0 unspecified atom stereocenters. The SMILES string of the molecule is C=C1NC[C@@H](C)O1. The van der Waals surface area contributed by atoms with Gasteiger partial charge in [0.15, 0.2) is 5.88 Å². The minimum Gasteiger partial charge on any atom is -0.475 e. The molecule has 1 heterocycles. The second-order valence-corrected chi connectivity index (χ2v) is 1.73. The van der Waals surface area contributed by atoms with Gasteiger partial charge in [-0.3, -0.25) is 0 Å². The molecule has 0 radical (unpaired) electrons. The van der Waals surface area contributed by atoms with Crippen LogP contribution >= 0.6 is 0 Å². The monoisotopic (exact) mass is 99.1 g/mol. The number of nitrogens with one attached hydrogen (secondary N) is 1. The molecule has 2 heteroatoms. The van der Waals surface area contributed by atoms with Gasteiger partial charge in [-0.15, -0.1) is 0 Å². The Bertz CT molecular complexity index is 90.1. The molecule has 1 atom stereocenters. The van der Waals surface area contributed by atoms with Crippen LogP contribution in [0, 0.1) is 0 Å². The van der Waals surface area contributed by atoms with E-state index >= 15 is 0 Å². The number of ether oxygens (including phenoxy) is 1. The smallest absolute Gasteiger partial charge is 0.179 e. The largest absolute Gasteiger partial charge is 0.475 e. The predicted octanol–water partition coefficient (Wildman–Crippen LogP) is 0.466. The van der Waals surface area contributed by atoms with Crippen molar-refractivity contribution in [2.45, 2.75) is 13.0 Å². The summed E-state index contributed by atoms with van der Waals surface area (Å²) in [5, 5.41) is 2.95. The van der Waals surface area contributed by atoms with Gasteiger partial charge >= 0.3 is 0 Å². The molecule has 40 valence electrons. The van der Waals surface area contributed by atoms with Crippen molar-refractivity contribution in [2.24, 2.45) is 0 Å². The van der Waals surface area contributed by atoms with E-state index in [9.17, 15) is 0 Å². The van der Waals surface area contributed by atoms with Crippen LogP contribution in [0.1, 0.15) is 6.92 Å². The normalized spacial score (nSPS) is 29.3. The number of hydrogen-bond acceptors (Lipinski definition) is 2. The molecule has 7 heavy (non-hydrogen) atoms. The summed E-state index contributed by atoms with van der Waals surface area (Å²) in [5.74, 6) is 0.701. The maximum Gasteiger partial charge on any atom is 0.179 e. The molecule has 0 aromatic carbocycles. The van der Waals surface area contributed by atoms with Gasteiger partial charge in [-0.2, -0.15) is 0 Å². The van der Waals surface area contributed by atoms with Crippen molar-refractivity contribution in [2.75, 3.05) is 6.54 Å². The number of rotatable bonds is 0. The zero-order valence-corrected chi connectivity index (χ0v) is 4.40. The van der Waals surface area contributed by atoms with Crippen LogP contribution in [0.15, 0.2) is 12.5 Å². The summed E-state index contributed by atoms with van der Waals surface area (Å²) < 4.78 is 5.06. The van der Waals surface area contributed by atoms with Gasteiger partial charge in [0.25, 0.3) is 0 Å². The summed E-state index contributed by atoms with van der Waals surface area (Å²) in [6, 6.07) is 0. The van der Waals surface area contributed by atoms with Crippen LogP contribution < -0.4 is 5.32 Å². The third-order valence-electron chi connectivity index (χ3n) is 0.930.